The number of nitrogens with zero attached hydrogens (tertiary/aromatic N) is 1. The summed E-state index contributed by atoms with van der Waals surface area (Å²) in [6, 6.07) is 71.0. The normalized spacial score (nSPS) is 12.1. The van der Waals surface area contributed by atoms with Crippen molar-refractivity contribution >= 4 is 38.6 Å². The second-order valence-corrected chi connectivity index (χ2v) is 14.2. The van der Waals surface area contributed by atoms with E-state index >= 15 is 0 Å². The van der Waals surface area contributed by atoms with Crippen molar-refractivity contribution < 1.29 is 5.48 Å². The molecule has 10 aromatic carbocycles. The first kappa shape index (κ1) is 29.8. The number of benzene rings is 10. The first-order valence-corrected chi connectivity index (χ1v) is 19.3. The molecule has 268 valence electrons. The number of anilines is 3. The lowest BCUT2D eigenvalue weighted by atomic mass is 9.84. The van der Waals surface area contributed by atoms with Gasteiger partial charge in [0.25, 0.3) is 0 Å². The third-order valence-corrected chi connectivity index (χ3v) is 10.7. The van der Waals surface area contributed by atoms with E-state index in [0.29, 0.717) is 11.3 Å². The minimum Gasteiger partial charge on any atom is -0.310 e. The number of hydrogen-bond donors (Lipinski definition) is 0. The molecule has 0 aliphatic rings. The molecule has 0 saturated carbocycles. The zero-order chi connectivity index (χ0) is 41.5. The van der Waals surface area contributed by atoms with E-state index in [4.69, 9.17) is 0 Å². The van der Waals surface area contributed by atoms with Gasteiger partial charge in [0.05, 0.1) is 5.48 Å². The molecule has 0 amide bonds. The summed E-state index contributed by atoms with van der Waals surface area (Å²) in [6.45, 7) is 0. The molecule has 0 aliphatic carbocycles. The van der Waals surface area contributed by atoms with Gasteiger partial charge in [-0.25, -0.2) is 0 Å². The van der Waals surface area contributed by atoms with Crippen molar-refractivity contribution in [3.05, 3.63) is 236 Å². The fourth-order valence-electron chi connectivity index (χ4n) is 8.02. The number of hydrogen-bond acceptors (Lipinski definition) is 1. The molecular weight excluding hydrogens is 687 g/mol. The highest BCUT2D eigenvalue weighted by Crippen LogP contribution is 2.46. The van der Waals surface area contributed by atoms with Crippen LogP contribution >= 0.6 is 0 Å². The maximum Gasteiger partial charge on any atom is 0.0645 e. The van der Waals surface area contributed by atoms with Crippen LogP contribution in [0.25, 0.3) is 77.2 Å². The van der Waals surface area contributed by atoms with Gasteiger partial charge in [-0.1, -0.05) is 194 Å². The fourth-order valence-corrected chi connectivity index (χ4v) is 8.02. The van der Waals surface area contributed by atoms with Gasteiger partial charge in [-0.3, -0.25) is 0 Å². The van der Waals surface area contributed by atoms with E-state index in [1.54, 1.807) is 0 Å². The van der Waals surface area contributed by atoms with Gasteiger partial charge in [0, 0.05) is 17.1 Å². The monoisotopic (exact) mass is 729 g/mol. The molecule has 0 saturated heterocycles. The molecule has 10 aromatic rings. The molecule has 0 atom stereocenters. The van der Waals surface area contributed by atoms with Crippen molar-refractivity contribution in [1.82, 2.24) is 0 Å². The molecule has 0 spiro atoms. The minimum atomic E-state index is -0.130. The highest BCUT2D eigenvalue weighted by molar-refractivity contribution is 6.21. The minimum absolute atomic E-state index is 0.109. The Morgan fingerprint density at radius 3 is 1.21 bits per heavy atom. The molecular formula is C56H39N. The Bertz CT molecular complexity index is 3190. The molecule has 10 rings (SSSR count). The third-order valence-electron chi connectivity index (χ3n) is 10.7. The van der Waals surface area contributed by atoms with E-state index in [-0.39, 0.29) is 35.4 Å². The molecule has 0 radical (unpaired) electrons. The highest BCUT2D eigenvalue weighted by Gasteiger charge is 2.20. The van der Waals surface area contributed by atoms with Crippen LogP contribution < -0.4 is 4.90 Å². The standard InChI is InChI=1S/C56H39N/c1-4-16-40(17-5-1)43-30-34-48(35-31-43)57(50-25-15-23-46(39-50)42-20-8-3-9-21-42)49-36-32-44(33-37-49)55-53-28-12-10-26-51(53)52-27-11-13-29-54(52)56(55)47-24-14-22-45(38-47)41-18-6-2-7-19-41/h1-39H/i32D,33D,36D,37D. The Morgan fingerprint density at radius 2 is 0.649 bits per heavy atom. The maximum absolute atomic E-state index is 9.95. The largest absolute Gasteiger partial charge is 0.310 e. The zero-order valence-electron chi connectivity index (χ0n) is 35.2. The molecule has 0 unspecified atom stereocenters. The summed E-state index contributed by atoms with van der Waals surface area (Å²) in [4.78, 5) is 1.87. The Hall–Kier alpha value is -7.48. The van der Waals surface area contributed by atoms with Gasteiger partial charge in [0.2, 0.25) is 0 Å². The van der Waals surface area contributed by atoms with Crippen LogP contribution in [0.2, 0.25) is 0 Å². The lowest BCUT2D eigenvalue weighted by molar-refractivity contribution is 1.28. The number of fused-ring (bicyclic) bond motifs is 3. The summed E-state index contributed by atoms with van der Waals surface area (Å²) < 4.78 is 39.7. The lowest BCUT2D eigenvalue weighted by Crippen LogP contribution is -2.10. The average Bonchev–Trinajstić information content (AvgIpc) is 3.33. The van der Waals surface area contributed by atoms with Crippen LogP contribution in [0.1, 0.15) is 5.48 Å². The van der Waals surface area contributed by atoms with Gasteiger partial charge in [-0.05, 0) is 120 Å². The van der Waals surface area contributed by atoms with Crippen LogP contribution in [0.3, 0.4) is 0 Å². The van der Waals surface area contributed by atoms with Crippen LogP contribution in [-0.2, 0) is 0 Å². The van der Waals surface area contributed by atoms with Crippen LogP contribution in [0, 0.1) is 0 Å². The summed E-state index contributed by atoms with van der Waals surface area (Å²) in [7, 11) is 0. The molecule has 0 aromatic heterocycles. The van der Waals surface area contributed by atoms with Gasteiger partial charge in [-0.2, -0.15) is 0 Å². The Labute approximate surface area is 340 Å². The summed E-state index contributed by atoms with van der Waals surface area (Å²) in [5, 5.41) is 3.87. The van der Waals surface area contributed by atoms with Gasteiger partial charge >= 0.3 is 0 Å². The molecule has 0 N–H and O–H groups in total. The lowest BCUT2D eigenvalue weighted by Gasteiger charge is -2.27. The molecule has 0 fully saturated rings. The van der Waals surface area contributed by atoms with E-state index in [1.165, 1.54) is 0 Å². The SMILES string of the molecule is [2H]c1c([2H])c(N(c2ccc(-c3ccccc3)cc2)c2cccc(-c3ccccc3)c2)c([2H])c([2H])c1-c1c(-c2cccc(-c3ccccc3)c2)c2ccccc2c2ccccc12. The summed E-state index contributed by atoms with van der Waals surface area (Å²) in [5.74, 6) is 0. The predicted octanol–water partition coefficient (Wildman–Crippen LogP) is 15.8. The second kappa shape index (κ2) is 15.0. The van der Waals surface area contributed by atoms with Crippen molar-refractivity contribution in [3.8, 4) is 55.6 Å². The molecule has 1 nitrogen and oxygen atoms in total. The summed E-state index contributed by atoms with van der Waals surface area (Å²) >= 11 is 0. The van der Waals surface area contributed by atoms with Crippen molar-refractivity contribution in [1.29, 1.82) is 0 Å². The Balaban J connectivity index is 1.23. The van der Waals surface area contributed by atoms with Crippen LogP contribution in [0.5, 0.6) is 0 Å². The van der Waals surface area contributed by atoms with Crippen LogP contribution in [0.4, 0.5) is 17.1 Å². The first-order valence-electron chi connectivity index (χ1n) is 21.3. The van der Waals surface area contributed by atoms with E-state index in [2.05, 4.69) is 78.9 Å². The maximum atomic E-state index is 9.95. The number of rotatable bonds is 8. The molecule has 0 aliphatic heterocycles. The van der Waals surface area contributed by atoms with E-state index in [0.717, 1.165) is 71.7 Å². The van der Waals surface area contributed by atoms with E-state index in [1.807, 2.05) is 138 Å². The van der Waals surface area contributed by atoms with Gasteiger partial charge in [-0.15, -0.1) is 0 Å². The van der Waals surface area contributed by atoms with Crippen molar-refractivity contribution in [2.45, 2.75) is 0 Å². The molecule has 0 bridgehead atoms. The Kier molecular flexibility index (Phi) is 7.84. The first-order chi connectivity index (χ1) is 30.0. The smallest absolute Gasteiger partial charge is 0.0645 e. The quantitative estimate of drug-likeness (QED) is 0.141. The van der Waals surface area contributed by atoms with Gasteiger partial charge in [0.15, 0.2) is 0 Å². The van der Waals surface area contributed by atoms with Crippen LogP contribution in [0.15, 0.2) is 236 Å². The Morgan fingerprint density at radius 1 is 0.246 bits per heavy atom. The summed E-state index contributed by atoms with van der Waals surface area (Å²) in [5.41, 5.74) is 10.6. The van der Waals surface area contributed by atoms with Gasteiger partial charge in [0.1, 0.15) is 0 Å². The van der Waals surface area contributed by atoms with Crippen LogP contribution in [-0.4, -0.2) is 0 Å². The average molecular weight is 730 g/mol. The predicted molar refractivity (Wildman–Crippen MR) is 243 cm³/mol. The summed E-state index contributed by atoms with van der Waals surface area (Å²) in [6.07, 6.45) is 0. The fraction of sp³-hybridized carbons (Fsp3) is 0. The third kappa shape index (κ3) is 6.56. The van der Waals surface area contributed by atoms with Crippen molar-refractivity contribution in [2.24, 2.45) is 0 Å². The second-order valence-electron chi connectivity index (χ2n) is 14.2. The molecule has 0 heterocycles. The zero-order valence-corrected chi connectivity index (χ0v) is 31.2. The van der Waals surface area contributed by atoms with Crippen molar-refractivity contribution in [3.63, 3.8) is 0 Å². The van der Waals surface area contributed by atoms with E-state index in [9.17, 15) is 5.48 Å². The molecule has 57 heavy (non-hydrogen) atoms. The van der Waals surface area contributed by atoms with Gasteiger partial charge < -0.3 is 4.90 Å². The van der Waals surface area contributed by atoms with E-state index < -0.39 is 0 Å². The highest BCUT2D eigenvalue weighted by atomic mass is 15.1. The topological polar surface area (TPSA) is 3.24 Å². The molecule has 1 heteroatoms. The van der Waals surface area contributed by atoms with Crippen molar-refractivity contribution in [2.75, 3.05) is 4.90 Å².